The molecule has 0 unspecified atom stereocenters. The molecule has 8 nitrogen and oxygen atoms in total. The first-order valence-corrected chi connectivity index (χ1v) is 8.59. The van der Waals surface area contributed by atoms with Crippen LogP contribution >= 0.6 is 0 Å². The first-order valence-electron chi connectivity index (χ1n) is 8.59. The second-order valence-corrected chi connectivity index (χ2v) is 6.78. The molecule has 4 amide bonds. The lowest BCUT2D eigenvalue weighted by molar-refractivity contribution is -0.148. The Balaban J connectivity index is 1.36. The van der Waals surface area contributed by atoms with Crippen molar-refractivity contribution in [3.05, 3.63) is 0 Å². The molecule has 0 aromatic carbocycles. The largest absolute Gasteiger partial charge is 0.456 e. The molecule has 24 heavy (non-hydrogen) atoms. The molecule has 3 rings (SSSR count). The molecule has 2 saturated carbocycles. The van der Waals surface area contributed by atoms with Crippen LogP contribution in [0.1, 0.15) is 51.4 Å². The van der Waals surface area contributed by atoms with Crippen LogP contribution in [0, 0.1) is 0 Å². The molecule has 0 aromatic heterocycles. The highest BCUT2D eigenvalue weighted by Gasteiger charge is 2.52. The zero-order valence-electron chi connectivity index (χ0n) is 13.6. The fourth-order valence-corrected chi connectivity index (χ4v) is 3.29. The van der Waals surface area contributed by atoms with Crippen molar-refractivity contribution in [1.82, 2.24) is 15.5 Å². The second kappa shape index (κ2) is 6.78. The highest BCUT2D eigenvalue weighted by atomic mass is 16.5. The van der Waals surface area contributed by atoms with Crippen molar-refractivity contribution in [2.75, 3.05) is 13.2 Å². The molecule has 3 fully saturated rings. The minimum absolute atomic E-state index is 0.0702. The summed E-state index contributed by atoms with van der Waals surface area (Å²) in [6.07, 6.45) is 5.61. The summed E-state index contributed by atoms with van der Waals surface area (Å²) in [5.74, 6) is -0.964. The molecule has 0 radical (unpaired) electrons. The van der Waals surface area contributed by atoms with Gasteiger partial charge in [0, 0.05) is 19.0 Å². The zero-order valence-corrected chi connectivity index (χ0v) is 13.6. The maximum atomic E-state index is 12.4. The SMILES string of the molecule is O=C(COC(=O)CCCN1C(=O)NC2(CCCC2)C1=O)NC1CC1. The molecule has 8 heteroatoms. The van der Waals surface area contributed by atoms with Gasteiger partial charge in [-0.25, -0.2) is 4.79 Å². The van der Waals surface area contributed by atoms with Crippen LogP contribution in [0.15, 0.2) is 0 Å². The standard InChI is InChI=1S/C16H23N3O5/c20-12(17-11-5-6-11)10-24-13(21)4-3-9-19-14(22)16(18-15(19)23)7-1-2-8-16/h11H,1-10H2,(H,17,20)(H,18,23). The van der Waals surface area contributed by atoms with Crippen molar-refractivity contribution in [3.63, 3.8) is 0 Å². The van der Waals surface area contributed by atoms with E-state index >= 15 is 0 Å². The maximum Gasteiger partial charge on any atom is 0.325 e. The molecule has 3 aliphatic rings. The number of carbonyl (C=O) groups is 4. The van der Waals surface area contributed by atoms with Crippen LogP contribution < -0.4 is 10.6 Å². The first kappa shape index (κ1) is 16.7. The third kappa shape index (κ3) is 3.68. The fraction of sp³-hybridized carbons (Fsp3) is 0.750. The minimum Gasteiger partial charge on any atom is -0.456 e. The van der Waals surface area contributed by atoms with Crippen LogP contribution in [-0.4, -0.2) is 53.4 Å². The van der Waals surface area contributed by atoms with E-state index in [-0.39, 0.29) is 43.5 Å². The van der Waals surface area contributed by atoms with Gasteiger partial charge in [-0.15, -0.1) is 0 Å². The third-order valence-corrected chi connectivity index (χ3v) is 4.77. The van der Waals surface area contributed by atoms with Crippen LogP contribution in [0.25, 0.3) is 0 Å². The van der Waals surface area contributed by atoms with Crippen LogP contribution in [0.4, 0.5) is 4.79 Å². The maximum absolute atomic E-state index is 12.4. The number of amides is 4. The van der Waals surface area contributed by atoms with E-state index in [9.17, 15) is 19.2 Å². The number of hydrogen-bond donors (Lipinski definition) is 2. The Kier molecular flexibility index (Phi) is 4.73. The Morgan fingerprint density at radius 1 is 1.25 bits per heavy atom. The molecule has 0 aromatic rings. The van der Waals surface area contributed by atoms with E-state index < -0.39 is 11.5 Å². The Bertz CT molecular complexity index is 552. The Labute approximate surface area is 140 Å². The van der Waals surface area contributed by atoms with Gasteiger partial charge in [0.25, 0.3) is 11.8 Å². The van der Waals surface area contributed by atoms with Crippen molar-refractivity contribution in [1.29, 1.82) is 0 Å². The van der Waals surface area contributed by atoms with Gasteiger partial charge in [0.2, 0.25) is 0 Å². The van der Waals surface area contributed by atoms with E-state index in [1.54, 1.807) is 0 Å². The van der Waals surface area contributed by atoms with E-state index in [1.165, 1.54) is 4.90 Å². The lowest BCUT2D eigenvalue weighted by Crippen LogP contribution is -2.44. The number of nitrogens with zero attached hydrogens (tertiary/aromatic N) is 1. The molecule has 1 heterocycles. The Morgan fingerprint density at radius 2 is 1.96 bits per heavy atom. The lowest BCUT2D eigenvalue weighted by atomic mass is 9.98. The van der Waals surface area contributed by atoms with Crippen LogP contribution in [-0.2, 0) is 19.1 Å². The monoisotopic (exact) mass is 337 g/mol. The number of urea groups is 1. The van der Waals surface area contributed by atoms with Crippen molar-refractivity contribution < 1.29 is 23.9 Å². The molecular weight excluding hydrogens is 314 g/mol. The summed E-state index contributed by atoms with van der Waals surface area (Å²) in [6.45, 7) is -0.0859. The van der Waals surface area contributed by atoms with Crippen molar-refractivity contribution >= 4 is 23.8 Å². The van der Waals surface area contributed by atoms with Crippen molar-refractivity contribution in [2.24, 2.45) is 0 Å². The number of imide groups is 1. The van der Waals surface area contributed by atoms with E-state index in [2.05, 4.69) is 10.6 Å². The summed E-state index contributed by atoms with van der Waals surface area (Å²) in [4.78, 5) is 48.6. The van der Waals surface area contributed by atoms with Crippen LogP contribution in [0.3, 0.4) is 0 Å². The summed E-state index contributed by atoms with van der Waals surface area (Å²) in [5, 5.41) is 5.53. The van der Waals surface area contributed by atoms with Gasteiger partial charge in [-0.1, -0.05) is 12.8 Å². The van der Waals surface area contributed by atoms with Gasteiger partial charge in [-0.3, -0.25) is 19.3 Å². The average molecular weight is 337 g/mol. The summed E-state index contributed by atoms with van der Waals surface area (Å²) in [6, 6.07) is -0.141. The molecule has 1 spiro atoms. The molecular formula is C16H23N3O5. The molecule has 132 valence electrons. The summed E-state index contributed by atoms with van der Waals surface area (Å²) in [5.41, 5.74) is -0.710. The Hall–Kier alpha value is -2.12. The van der Waals surface area contributed by atoms with E-state index in [0.717, 1.165) is 25.7 Å². The third-order valence-electron chi connectivity index (χ3n) is 4.77. The topological polar surface area (TPSA) is 105 Å². The molecule has 2 aliphatic carbocycles. The number of carbonyl (C=O) groups excluding carboxylic acids is 4. The van der Waals surface area contributed by atoms with E-state index in [1.807, 2.05) is 0 Å². The first-order chi connectivity index (χ1) is 11.5. The predicted octanol–water partition coefficient (Wildman–Crippen LogP) is 0.453. The van der Waals surface area contributed by atoms with Gasteiger partial charge in [-0.2, -0.15) is 0 Å². The number of esters is 1. The molecule has 2 N–H and O–H groups in total. The van der Waals surface area contributed by atoms with Gasteiger partial charge in [0.05, 0.1) is 0 Å². The van der Waals surface area contributed by atoms with Gasteiger partial charge in [0.1, 0.15) is 5.54 Å². The zero-order chi connectivity index (χ0) is 17.2. The second-order valence-electron chi connectivity index (χ2n) is 6.78. The smallest absolute Gasteiger partial charge is 0.325 e. The molecule has 1 aliphatic heterocycles. The van der Waals surface area contributed by atoms with Crippen molar-refractivity contribution in [2.45, 2.75) is 62.9 Å². The Morgan fingerprint density at radius 3 is 2.62 bits per heavy atom. The van der Waals surface area contributed by atoms with Crippen molar-refractivity contribution in [3.8, 4) is 0 Å². The summed E-state index contributed by atoms with van der Waals surface area (Å²) in [7, 11) is 0. The highest BCUT2D eigenvalue weighted by Crippen LogP contribution is 2.35. The highest BCUT2D eigenvalue weighted by molar-refractivity contribution is 6.07. The van der Waals surface area contributed by atoms with Gasteiger partial charge in [-0.05, 0) is 32.1 Å². The van der Waals surface area contributed by atoms with Gasteiger partial charge >= 0.3 is 12.0 Å². The fourth-order valence-electron chi connectivity index (χ4n) is 3.29. The van der Waals surface area contributed by atoms with Gasteiger partial charge < -0.3 is 15.4 Å². The lowest BCUT2D eigenvalue weighted by Gasteiger charge is -2.19. The summed E-state index contributed by atoms with van der Waals surface area (Å²) < 4.78 is 4.89. The van der Waals surface area contributed by atoms with Gasteiger partial charge in [0.15, 0.2) is 6.61 Å². The van der Waals surface area contributed by atoms with E-state index in [0.29, 0.717) is 19.3 Å². The van der Waals surface area contributed by atoms with Crippen LogP contribution in [0.5, 0.6) is 0 Å². The minimum atomic E-state index is -0.710. The normalized spacial score (nSPS) is 21.9. The van der Waals surface area contributed by atoms with Crippen LogP contribution in [0.2, 0.25) is 0 Å². The number of nitrogens with one attached hydrogen (secondary N) is 2. The van der Waals surface area contributed by atoms with E-state index in [4.69, 9.17) is 4.74 Å². The molecule has 0 atom stereocenters. The number of ether oxygens (including phenoxy) is 1. The summed E-state index contributed by atoms with van der Waals surface area (Å²) >= 11 is 0. The number of rotatable bonds is 7. The average Bonchev–Trinajstić information content (AvgIpc) is 3.17. The quantitative estimate of drug-likeness (QED) is 0.518. The molecule has 1 saturated heterocycles. The predicted molar refractivity (Wildman–Crippen MR) is 82.8 cm³/mol. The number of hydrogen-bond acceptors (Lipinski definition) is 5. The molecule has 0 bridgehead atoms.